The highest BCUT2D eigenvalue weighted by Crippen LogP contribution is 2.32. The Morgan fingerprint density at radius 3 is 2.48 bits per heavy atom. The van der Waals surface area contributed by atoms with Crippen LogP contribution < -0.4 is 0 Å². The summed E-state index contributed by atoms with van der Waals surface area (Å²) in [5, 5.41) is 0. The number of esters is 1. The van der Waals surface area contributed by atoms with Crippen LogP contribution in [0.2, 0.25) is 0 Å². The highest BCUT2D eigenvalue weighted by Gasteiger charge is 2.24. The molecule has 116 valence electrons. The summed E-state index contributed by atoms with van der Waals surface area (Å²) in [6.45, 7) is 4.03. The van der Waals surface area contributed by atoms with Gasteiger partial charge in [-0.2, -0.15) is 0 Å². The molecule has 0 fully saturated rings. The maximum atomic E-state index is 12.3. The second kappa shape index (κ2) is 6.48. The lowest BCUT2D eigenvalue weighted by Gasteiger charge is -2.04. The second-order valence-corrected chi connectivity index (χ2v) is 5.10. The summed E-state index contributed by atoms with van der Waals surface area (Å²) in [5.41, 5.74) is 2.87. The van der Waals surface area contributed by atoms with Gasteiger partial charge >= 0.3 is 5.97 Å². The molecule has 0 unspecified atom stereocenters. The average Bonchev–Trinajstić information content (AvgIpc) is 3.01. The zero-order valence-electron chi connectivity index (χ0n) is 13.1. The van der Waals surface area contributed by atoms with Crippen molar-refractivity contribution in [3.05, 3.63) is 65.9 Å². The molecular formula is C19H17NO3. The van der Waals surface area contributed by atoms with Crippen LogP contribution in [0.3, 0.4) is 0 Å². The van der Waals surface area contributed by atoms with Gasteiger partial charge in [0.2, 0.25) is 5.89 Å². The molecule has 0 saturated heterocycles. The van der Waals surface area contributed by atoms with Crippen LogP contribution in [0.15, 0.2) is 59.0 Å². The molecule has 0 atom stereocenters. The molecule has 1 aromatic heterocycles. The second-order valence-electron chi connectivity index (χ2n) is 5.10. The van der Waals surface area contributed by atoms with E-state index in [2.05, 4.69) is 4.98 Å². The molecular weight excluding hydrogens is 290 g/mol. The van der Waals surface area contributed by atoms with Gasteiger partial charge in [0.25, 0.3) is 0 Å². The van der Waals surface area contributed by atoms with Crippen molar-refractivity contribution in [2.45, 2.75) is 13.8 Å². The predicted octanol–water partition coefficient (Wildman–Crippen LogP) is 4.49. The minimum absolute atomic E-state index is 0.208. The molecule has 0 saturated carbocycles. The van der Waals surface area contributed by atoms with Crippen LogP contribution in [0.5, 0.6) is 0 Å². The SMILES string of the molecule is CCOC(=O)c1nc(-c2ccccc2)oc1-c1ccccc1C. The lowest BCUT2D eigenvalue weighted by atomic mass is 10.1. The zero-order valence-corrected chi connectivity index (χ0v) is 13.1. The van der Waals surface area contributed by atoms with E-state index in [4.69, 9.17) is 9.15 Å². The number of ether oxygens (including phenoxy) is 1. The summed E-state index contributed by atoms with van der Waals surface area (Å²) < 4.78 is 11.0. The van der Waals surface area contributed by atoms with E-state index < -0.39 is 5.97 Å². The number of oxazole rings is 1. The first-order valence-corrected chi connectivity index (χ1v) is 7.50. The number of rotatable bonds is 4. The van der Waals surface area contributed by atoms with Crippen LogP contribution in [0.25, 0.3) is 22.8 Å². The first-order chi connectivity index (χ1) is 11.2. The van der Waals surface area contributed by atoms with E-state index in [0.29, 0.717) is 18.3 Å². The van der Waals surface area contributed by atoms with Crippen molar-refractivity contribution >= 4 is 5.97 Å². The molecule has 0 radical (unpaired) electrons. The maximum Gasteiger partial charge on any atom is 0.361 e. The summed E-state index contributed by atoms with van der Waals surface area (Å²) >= 11 is 0. The van der Waals surface area contributed by atoms with Crippen molar-refractivity contribution in [3.8, 4) is 22.8 Å². The molecule has 0 aliphatic heterocycles. The Morgan fingerprint density at radius 1 is 1.09 bits per heavy atom. The number of carbonyl (C=O) groups is 1. The number of hydrogen-bond donors (Lipinski definition) is 0. The smallest absolute Gasteiger partial charge is 0.361 e. The Hall–Kier alpha value is -2.88. The van der Waals surface area contributed by atoms with Crippen LogP contribution in [0, 0.1) is 6.92 Å². The summed E-state index contributed by atoms with van der Waals surface area (Å²) in [5.74, 6) is 0.379. The summed E-state index contributed by atoms with van der Waals surface area (Å²) in [7, 11) is 0. The molecule has 0 aliphatic carbocycles. The van der Waals surface area contributed by atoms with Gasteiger partial charge in [0.1, 0.15) is 0 Å². The first-order valence-electron chi connectivity index (χ1n) is 7.50. The lowest BCUT2D eigenvalue weighted by molar-refractivity contribution is 0.0520. The molecule has 3 rings (SSSR count). The highest BCUT2D eigenvalue weighted by molar-refractivity contribution is 5.94. The third-order valence-electron chi connectivity index (χ3n) is 3.51. The molecule has 0 amide bonds. The van der Waals surface area contributed by atoms with Crippen LogP contribution in [-0.2, 0) is 4.74 Å². The van der Waals surface area contributed by atoms with Gasteiger partial charge in [-0.25, -0.2) is 9.78 Å². The minimum Gasteiger partial charge on any atom is -0.461 e. The Kier molecular flexibility index (Phi) is 4.24. The molecule has 0 N–H and O–H groups in total. The van der Waals surface area contributed by atoms with Crippen molar-refractivity contribution in [2.75, 3.05) is 6.61 Å². The van der Waals surface area contributed by atoms with Crippen LogP contribution in [0.4, 0.5) is 0 Å². The van der Waals surface area contributed by atoms with Gasteiger partial charge in [0.05, 0.1) is 6.61 Å². The minimum atomic E-state index is -0.475. The van der Waals surface area contributed by atoms with Gasteiger partial charge in [0.15, 0.2) is 11.5 Å². The molecule has 3 aromatic rings. The van der Waals surface area contributed by atoms with Gasteiger partial charge in [0, 0.05) is 11.1 Å². The van der Waals surface area contributed by atoms with E-state index >= 15 is 0 Å². The standard InChI is InChI=1S/C19H17NO3/c1-3-22-19(21)16-17(15-12-8-7-9-13(15)2)23-18(20-16)14-10-5-4-6-11-14/h4-12H,3H2,1-2H3. The van der Waals surface area contributed by atoms with Crippen molar-refractivity contribution in [3.63, 3.8) is 0 Å². The van der Waals surface area contributed by atoms with Gasteiger partial charge < -0.3 is 9.15 Å². The van der Waals surface area contributed by atoms with E-state index in [1.165, 1.54) is 0 Å². The number of aromatic nitrogens is 1. The van der Waals surface area contributed by atoms with Crippen molar-refractivity contribution in [1.82, 2.24) is 4.98 Å². The van der Waals surface area contributed by atoms with Crippen LogP contribution >= 0.6 is 0 Å². The van der Waals surface area contributed by atoms with Crippen molar-refractivity contribution in [1.29, 1.82) is 0 Å². The summed E-state index contributed by atoms with van der Waals surface area (Å²) in [4.78, 5) is 16.6. The van der Waals surface area contributed by atoms with Crippen molar-refractivity contribution < 1.29 is 13.9 Å². The molecule has 0 bridgehead atoms. The summed E-state index contributed by atoms with van der Waals surface area (Å²) in [6.07, 6.45) is 0. The van der Waals surface area contributed by atoms with Gasteiger partial charge in [-0.15, -0.1) is 0 Å². The van der Waals surface area contributed by atoms with Gasteiger partial charge in [-0.05, 0) is 31.5 Å². The van der Waals surface area contributed by atoms with Crippen LogP contribution in [-0.4, -0.2) is 17.6 Å². The molecule has 0 aliphatic rings. The first kappa shape index (κ1) is 15.0. The molecule has 4 heteroatoms. The monoisotopic (exact) mass is 307 g/mol. The third kappa shape index (κ3) is 3.01. The fraction of sp³-hybridized carbons (Fsp3) is 0.158. The molecule has 23 heavy (non-hydrogen) atoms. The largest absolute Gasteiger partial charge is 0.461 e. The van der Waals surface area contributed by atoms with Gasteiger partial charge in [-0.1, -0.05) is 42.5 Å². The Labute approximate surface area is 134 Å². The van der Waals surface area contributed by atoms with Crippen LogP contribution in [0.1, 0.15) is 23.0 Å². The average molecular weight is 307 g/mol. The molecule has 1 heterocycles. The fourth-order valence-electron chi connectivity index (χ4n) is 2.37. The molecule has 4 nitrogen and oxygen atoms in total. The Morgan fingerprint density at radius 2 is 1.78 bits per heavy atom. The summed E-state index contributed by atoms with van der Waals surface area (Å²) in [6, 6.07) is 17.2. The fourth-order valence-corrected chi connectivity index (χ4v) is 2.37. The van der Waals surface area contributed by atoms with E-state index in [1.54, 1.807) is 6.92 Å². The molecule has 2 aromatic carbocycles. The number of carbonyl (C=O) groups excluding carboxylic acids is 1. The quantitative estimate of drug-likeness (QED) is 0.666. The zero-order chi connectivity index (χ0) is 16.2. The van der Waals surface area contributed by atoms with E-state index in [1.807, 2.05) is 61.5 Å². The van der Waals surface area contributed by atoms with E-state index in [9.17, 15) is 4.79 Å². The maximum absolute atomic E-state index is 12.3. The van der Waals surface area contributed by atoms with Gasteiger partial charge in [-0.3, -0.25) is 0 Å². The highest BCUT2D eigenvalue weighted by atomic mass is 16.5. The normalized spacial score (nSPS) is 10.5. The van der Waals surface area contributed by atoms with E-state index in [0.717, 1.165) is 16.7 Å². The molecule has 0 spiro atoms. The van der Waals surface area contributed by atoms with Crippen molar-refractivity contribution in [2.24, 2.45) is 0 Å². The number of aryl methyl sites for hydroxylation is 1. The number of benzene rings is 2. The topological polar surface area (TPSA) is 52.3 Å². The van der Waals surface area contributed by atoms with E-state index in [-0.39, 0.29) is 5.69 Å². The number of nitrogens with zero attached hydrogens (tertiary/aromatic N) is 1. The number of hydrogen-bond acceptors (Lipinski definition) is 4. The predicted molar refractivity (Wildman–Crippen MR) is 88.1 cm³/mol. The lowest BCUT2D eigenvalue weighted by Crippen LogP contribution is -2.06. The Balaban J connectivity index is 2.15. The Bertz CT molecular complexity index is 822. The third-order valence-corrected chi connectivity index (χ3v) is 3.51.